The van der Waals surface area contributed by atoms with Crippen LogP contribution in [0.15, 0.2) is 36.0 Å². The van der Waals surface area contributed by atoms with Crippen molar-refractivity contribution < 1.29 is 0 Å². The highest BCUT2D eigenvalue weighted by molar-refractivity contribution is 7.09. The normalized spacial score (nSPS) is 9.69. The molecule has 0 aliphatic rings. The van der Waals surface area contributed by atoms with Crippen molar-refractivity contribution in [2.24, 2.45) is 0 Å². The lowest BCUT2D eigenvalue weighted by atomic mass is 10.2. The van der Waals surface area contributed by atoms with E-state index in [4.69, 9.17) is 5.26 Å². The maximum absolute atomic E-state index is 8.89. The summed E-state index contributed by atoms with van der Waals surface area (Å²) >= 11 is 1.75. The van der Waals surface area contributed by atoms with Gasteiger partial charge in [-0.25, -0.2) is 0 Å². The van der Waals surface area contributed by atoms with Crippen molar-refractivity contribution in [1.82, 2.24) is 4.98 Å². The number of nitriles is 1. The van der Waals surface area contributed by atoms with Gasteiger partial charge in [-0.1, -0.05) is 6.07 Å². The third kappa shape index (κ3) is 2.59. The zero-order valence-corrected chi connectivity index (χ0v) is 9.50. The summed E-state index contributed by atoms with van der Waals surface area (Å²) in [6.07, 6.45) is 4.29. The first-order valence-electron chi connectivity index (χ1n) is 5.00. The van der Waals surface area contributed by atoms with Gasteiger partial charge in [0.15, 0.2) is 0 Å². The van der Waals surface area contributed by atoms with Crippen LogP contribution in [0.25, 0.3) is 0 Å². The van der Waals surface area contributed by atoms with Crippen molar-refractivity contribution in [3.05, 3.63) is 46.4 Å². The van der Waals surface area contributed by atoms with E-state index in [0.717, 1.165) is 18.7 Å². The monoisotopic (exact) mass is 229 g/mol. The summed E-state index contributed by atoms with van der Waals surface area (Å²) in [6.45, 7) is 0.820. The minimum atomic E-state index is 0.640. The molecule has 2 aromatic heterocycles. The van der Waals surface area contributed by atoms with E-state index in [1.165, 1.54) is 4.88 Å². The first kappa shape index (κ1) is 10.7. The maximum atomic E-state index is 8.89. The fourth-order valence-corrected chi connectivity index (χ4v) is 2.12. The van der Waals surface area contributed by atoms with Crippen molar-refractivity contribution >= 4 is 17.0 Å². The predicted octanol–water partition coefficient (Wildman–Crippen LogP) is 2.67. The number of pyridine rings is 1. The Morgan fingerprint density at radius 2 is 2.38 bits per heavy atom. The quantitative estimate of drug-likeness (QED) is 0.876. The molecule has 0 aromatic carbocycles. The smallest absolute Gasteiger partial charge is 0.101 e. The highest BCUT2D eigenvalue weighted by Gasteiger charge is 2.00. The molecule has 1 N–H and O–H groups in total. The molecule has 2 rings (SSSR count). The maximum Gasteiger partial charge on any atom is 0.101 e. The van der Waals surface area contributed by atoms with Gasteiger partial charge < -0.3 is 5.32 Å². The van der Waals surface area contributed by atoms with E-state index in [1.807, 2.05) is 6.07 Å². The molecule has 0 radical (unpaired) electrons. The van der Waals surface area contributed by atoms with E-state index in [0.29, 0.717) is 5.56 Å². The van der Waals surface area contributed by atoms with E-state index in [1.54, 1.807) is 29.8 Å². The van der Waals surface area contributed by atoms with Gasteiger partial charge in [0.1, 0.15) is 6.07 Å². The van der Waals surface area contributed by atoms with Gasteiger partial charge in [0.05, 0.1) is 17.4 Å². The van der Waals surface area contributed by atoms with Crippen molar-refractivity contribution in [1.29, 1.82) is 5.26 Å². The van der Waals surface area contributed by atoms with Gasteiger partial charge in [0.2, 0.25) is 0 Å². The van der Waals surface area contributed by atoms with Crippen LogP contribution in [0.4, 0.5) is 5.69 Å². The second-order valence-electron chi connectivity index (χ2n) is 3.29. The van der Waals surface area contributed by atoms with Gasteiger partial charge in [-0.05, 0) is 23.9 Å². The predicted molar refractivity (Wildman–Crippen MR) is 65.5 cm³/mol. The summed E-state index contributed by atoms with van der Waals surface area (Å²) in [6, 6.07) is 8.01. The van der Waals surface area contributed by atoms with Crippen LogP contribution in [0.1, 0.15) is 10.4 Å². The highest BCUT2D eigenvalue weighted by atomic mass is 32.1. The minimum absolute atomic E-state index is 0.640. The van der Waals surface area contributed by atoms with Crippen LogP contribution in [0.5, 0.6) is 0 Å². The molecular formula is C12H11N3S. The van der Waals surface area contributed by atoms with Crippen LogP contribution in [0.3, 0.4) is 0 Å². The standard InChI is InChI=1S/C12H11N3S/c13-8-10-3-5-14-9-12(10)15-6-4-11-2-1-7-16-11/h1-3,5,7,9,15H,4,6H2. The molecule has 80 valence electrons. The van der Waals surface area contributed by atoms with Gasteiger partial charge in [-0.15, -0.1) is 11.3 Å². The second-order valence-corrected chi connectivity index (χ2v) is 4.32. The van der Waals surface area contributed by atoms with Crippen LogP contribution in [-0.4, -0.2) is 11.5 Å². The molecule has 0 saturated carbocycles. The number of hydrogen-bond donors (Lipinski definition) is 1. The number of thiophene rings is 1. The van der Waals surface area contributed by atoms with E-state index >= 15 is 0 Å². The van der Waals surface area contributed by atoms with Gasteiger partial charge >= 0.3 is 0 Å². The number of nitrogens with zero attached hydrogens (tertiary/aromatic N) is 2. The minimum Gasteiger partial charge on any atom is -0.382 e. The van der Waals surface area contributed by atoms with Gasteiger partial charge in [-0.3, -0.25) is 4.98 Å². The number of rotatable bonds is 4. The fourth-order valence-electron chi connectivity index (χ4n) is 1.41. The van der Waals surface area contributed by atoms with Gasteiger partial charge in [0.25, 0.3) is 0 Å². The first-order chi connectivity index (χ1) is 7.90. The van der Waals surface area contributed by atoms with Crippen LogP contribution in [-0.2, 0) is 6.42 Å². The Kier molecular flexibility index (Phi) is 3.52. The van der Waals surface area contributed by atoms with E-state index in [9.17, 15) is 0 Å². The Balaban J connectivity index is 1.93. The zero-order valence-electron chi connectivity index (χ0n) is 8.68. The molecule has 3 nitrogen and oxygen atoms in total. The van der Waals surface area contributed by atoms with Crippen molar-refractivity contribution in [2.45, 2.75) is 6.42 Å². The summed E-state index contributed by atoms with van der Waals surface area (Å²) in [7, 11) is 0. The lowest BCUT2D eigenvalue weighted by Crippen LogP contribution is -2.05. The van der Waals surface area contributed by atoms with E-state index < -0.39 is 0 Å². The van der Waals surface area contributed by atoms with E-state index in [2.05, 4.69) is 27.8 Å². The molecule has 0 unspecified atom stereocenters. The summed E-state index contributed by atoms with van der Waals surface area (Å²) in [4.78, 5) is 5.34. The largest absolute Gasteiger partial charge is 0.382 e. The SMILES string of the molecule is N#Cc1ccncc1NCCc1cccs1. The molecule has 0 amide bonds. The summed E-state index contributed by atoms with van der Waals surface area (Å²) in [5, 5.41) is 14.2. The van der Waals surface area contributed by atoms with Gasteiger partial charge in [0, 0.05) is 17.6 Å². The van der Waals surface area contributed by atoms with Crippen molar-refractivity contribution in [3.8, 4) is 6.07 Å². The average Bonchev–Trinajstić information content (AvgIpc) is 2.83. The molecule has 2 aromatic rings. The molecule has 4 heteroatoms. The molecular weight excluding hydrogens is 218 g/mol. The molecule has 0 fully saturated rings. The van der Waals surface area contributed by atoms with Crippen LogP contribution in [0, 0.1) is 11.3 Å². The number of hydrogen-bond acceptors (Lipinski definition) is 4. The highest BCUT2D eigenvalue weighted by Crippen LogP contribution is 2.13. The lowest BCUT2D eigenvalue weighted by molar-refractivity contribution is 1.04. The van der Waals surface area contributed by atoms with Crippen LogP contribution in [0.2, 0.25) is 0 Å². The van der Waals surface area contributed by atoms with Crippen molar-refractivity contribution in [3.63, 3.8) is 0 Å². The number of anilines is 1. The molecule has 2 heterocycles. The Morgan fingerprint density at radius 3 is 3.12 bits per heavy atom. The van der Waals surface area contributed by atoms with Crippen LogP contribution < -0.4 is 5.32 Å². The Morgan fingerprint density at radius 1 is 1.44 bits per heavy atom. The zero-order chi connectivity index (χ0) is 11.2. The third-order valence-electron chi connectivity index (χ3n) is 2.21. The molecule has 0 spiro atoms. The summed E-state index contributed by atoms with van der Waals surface area (Å²) in [5.74, 6) is 0. The Labute approximate surface area is 98.4 Å². The molecule has 0 atom stereocenters. The Bertz CT molecular complexity index is 485. The molecule has 0 saturated heterocycles. The van der Waals surface area contributed by atoms with Crippen LogP contribution >= 0.6 is 11.3 Å². The summed E-state index contributed by atoms with van der Waals surface area (Å²) in [5.41, 5.74) is 1.45. The van der Waals surface area contributed by atoms with E-state index in [-0.39, 0.29) is 0 Å². The Hall–Kier alpha value is -1.86. The number of nitrogens with one attached hydrogen (secondary N) is 1. The molecule has 0 aliphatic carbocycles. The molecule has 0 bridgehead atoms. The van der Waals surface area contributed by atoms with Crippen molar-refractivity contribution in [2.75, 3.05) is 11.9 Å². The van der Waals surface area contributed by atoms with Gasteiger partial charge in [-0.2, -0.15) is 5.26 Å². The second kappa shape index (κ2) is 5.29. The fraction of sp³-hybridized carbons (Fsp3) is 0.167. The number of aromatic nitrogens is 1. The molecule has 16 heavy (non-hydrogen) atoms. The third-order valence-corrected chi connectivity index (χ3v) is 3.14. The molecule has 0 aliphatic heterocycles. The summed E-state index contributed by atoms with van der Waals surface area (Å²) < 4.78 is 0. The first-order valence-corrected chi connectivity index (χ1v) is 5.88. The lowest BCUT2D eigenvalue weighted by Gasteiger charge is -2.05. The average molecular weight is 229 g/mol. The topological polar surface area (TPSA) is 48.7 Å².